The van der Waals surface area contributed by atoms with Gasteiger partial charge in [-0.3, -0.25) is 0 Å². The quantitative estimate of drug-likeness (QED) is 0.733. The third-order valence-corrected chi connectivity index (χ3v) is 2.09. The predicted molar refractivity (Wildman–Crippen MR) is 73.6 cm³/mol. The maximum absolute atomic E-state index is 8.78. The molecule has 0 aromatic rings. The third kappa shape index (κ3) is 23.6. The predicted octanol–water partition coefficient (Wildman–Crippen LogP) is 3.85. The zero-order valence-electron chi connectivity index (χ0n) is 11.2. The highest BCUT2D eigenvalue weighted by atomic mass is 16.3. The second-order valence-corrected chi connectivity index (χ2v) is 5.00. The van der Waals surface area contributed by atoms with Gasteiger partial charge in [-0.15, -0.1) is 0 Å². The lowest BCUT2D eigenvalue weighted by atomic mass is 10.1. The molecule has 0 saturated carbocycles. The lowest BCUT2D eigenvalue weighted by molar-refractivity contribution is 0.0782. The lowest BCUT2D eigenvalue weighted by Gasteiger charge is -2.08. The monoisotopic (exact) mass is 234 g/mol. The van der Waals surface area contributed by atoms with Crippen molar-refractivity contribution in [1.29, 1.82) is 0 Å². The maximum atomic E-state index is 8.78. The molecule has 0 fully saturated rings. The molecule has 2 heteroatoms. The van der Waals surface area contributed by atoms with Crippen LogP contribution in [0.5, 0.6) is 0 Å². The molecular weight excluding hydrogens is 200 g/mol. The molecule has 0 bridgehead atoms. The number of aliphatic hydroxyl groups is 2. The summed E-state index contributed by atoms with van der Waals surface area (Å²) < 4.78 is 0. The smallest absolute Gasteiger partial charge is 0.0773 e. The first-order valence-electron chi connectivity index (χ1n) is 6.22. The van der Waals surface area contributed by atoms with Gasteiger partial charge < -0.3 is 10.2 Å². The first-order valence-corrected chi connectivity index (χ1v) is 6.22. The topological polar surface area (TPSA) is 40.5 Å². The molecule has 16 heavy (non-hydrogen) atoms. The third-order valence-electron chi connectivity index (χ3n) is 2.09. The summed E-state index contributed by atoms with van der Waals surface area (Å²) in [6, 6.07) is 0. The molecule has 0 aromatic heterocycles. The Morgan fingerprint density at radius 2 is 1.50 bits per heavy atom. The van der Waals surface area contributed by atoms with Crippen LogP contribution in [0.3, 0.4) is 0 Å². The molecule has 0 amide bonds. The van der Waals surface area contributed by atoms with Crippen molar-refractivity contribution >= 4 is 0 Å². The fourth-order valence-electron chi connectivity index (χ4n) is 1.23. The van der Waals surface area contributed by atoms with Crippen LogP contribution < -0.4 is 0 Å². The van der Waals surface area contributed by atoms with Crippen LogP contribution in [0, 0.1) is 11.8 Å². The van der Waals surface area contributed by atoms with Crippen LogP contribution in [0.2, 0.25) is 0 Å². The SMILES string of the molecule is C.CC(C)CC(O)CO.CCCCC(C)C. The number of aliphatic hydroxyl groups excluding tert-OH is 2. The Morgan fingerprint density at radius 1 is 1.00 bits per heavy atom. The Labute approximate surface area is 103 Å². The summed E-state index contributed by atoms with van der Waals surface area (Å²) >= 11 is 0. The van der Waals surface area contributed by atoms with E-state index in [0.717, 1.165) is 5.92 Å². The van der Waals surface area contributed by atoms with Crippen molar-refractivity contribution in [3.8, 4) is 0 Å². The Bertz CT molecular complexity index is 111. The minimum Gasteiger partial charge on any atom is -0.394 e. The van der Waals surface area contributed by atoms with Crippen LogP contribution in [0.15, 0.2) is 0 Å². The number of hydrogen-bond acceptors (Lipinski definition) is 2. The van der Waals surface area contributed by atoms with Gasteiger partial charge in [0.05, 0.1) is 12.7 Å². The lowest BCUT2D eigenvalue weighted by Crippen LogP contribution is -2.14. The second-order valence-electron chi connectivity index (χ2n) is 5.00. The van der Waals surface area contributed by atoms with Crippen LogP contribution in [-0.2, 0) is 0 Å². The van der Waals surface area contributed by atoms with Gasteiger partial charge in [0, 0.05) is 0 Å². The maximum Gasteiger partial charge on any atom is 0.0773 e. The molecule has 0 radical (unpaired) electrons. The molecule has 0 spiro atoms. The van der Waals surface area contributed by atoms with Gasteiger partial charge in [0.1, 0.15) is 0 Å². The molecule has 2 nitrogen and oxygen atoms in total. The van der Waals surface area contributed by atoms with Gasteiger partial charge in [0.15, 0.2) is 0 Å². The van der Waals surface area contributed by atoms with E-state index in [-0.39, 0.29) is 14.0 Å². The summed E-state index contributed by atoms with van der Waals surface area (Å²) in [7, 11) is 0. The molecule has 0 aliphatic carbocycles. The van der Waals surface area contributed by atoms with Crippen molar-refractivity contribution in [2.45, 2.75) is 73.8 Å². The van der Waals surface area contributed by atoms with Gasteiger partial charge in [-0.2, -0.15) is 0 Å². The largest absolute Gasteiger partial charge is 0.394 e. The van der Waals surface area contributed by atoms with Crippen LogP contribution in [0.4, 0.5) is 0 Å². The standard InChI is InChI=1S/C7H16.C6H14O2.CH4/c1-4-5-6-7(2)3;1-5(2)3-6(8)4-7;/h7H,4-6H2,1-3H3;5-8H,3-4H2,1-2H3;1H4. The number of hydrogen-bond donors (Lipinski definition) is 2. The van der Waals surface area contributed by atoms with E-state index in [1.165, 1.54) is 19.3 Å². The fourth-order valence-corrected chi connectivity index (χ4v) is 1.23. The summed E-state index contributed by atoms with van der Waals surface area (Å²) in [5, 5.41) is 17.1. The van der Waals surface area contributed by atoms with Gasteiger partial charge in [-0.05, 0) is 18.3 Å². The van der Waals surface area contributed by atoms with Crippen molar-refractivity contribution in [3.05, 3.63) is 0 Å². The Morgan fingerprint density at radius 3 is 1.62 bits per heavy atom. The van der Waals surface area contributed by atoms with E-state index in [1.807, 2.05) is 13.8 Å². The minimum absolute atomic E-state index is 0. The van der Waals surface area contributed by atoms with E-state index in [0.29, 0.717) is 12.3 Å². The van der Waals surface area contributed by atoms with Crippen molar-refractivity contribution in [2.75, 3.05) is 6.61 Å². The molecule has 0 heterocycles. The molecular formula is C14H34O2. The highest BCUT2D eigenvalue weighted by Gasteiger charge is 2.02. The van der Waals surface area contributed by atoms with E-state index in [1.54, 1.807) is 0 Å². The van der Waals surface area contributed by atoms with E-state index >= 15 is 0 Å². The normalized spacial score (nSPS) is 11.8. The highest BCUT2D eigenvalue weighted by Crippen LogP contribution is 2.04. The van der Waals surface area contributed by atoms with Crippen LogP contribution in [-0.4, -0.2) is 22.9 Å². The molecule has 0 rings (SSSR count). The van der Waals surface area contributed by atoms with Crippen molar-refractivity contribution < 1.29 is 10.2 Å². The van der Waals surface area contributed by atoms with Gasteiger partial charge in [-0.25, -0.2) is 0 Å². The molecule has 0 aromatic carbocycles. The van der Waals surface area contributed by atoms with Crippen LogP contribution in [0.1, 0.15) is 67.7 Å². The molecule has 102 valence electrons. The first-order chi connectivity index (χ1) is 6.93. The summed E-state index contributed by atoms with van der Waals surface area (Å²) in [4.78, 5) is 0. The van der Waals surface area contributed by atoms with Crippen molar-refractivity contribution in [3.63, 3.8) is 0 Å². The van der Waals surface area contributed by atoms with E-state index < -0.39 is 6.10 Å². The van der Waals surface area contributed by atoms with E-state index in [9.17, 15) is 0 Å². The fraction of sp³-hybridized carbons (Fsp3) is 1.00. The zero-order valence-corrected chi connectivity index (χ0v) is 11.2. The first kappa shape index (κ1) is 21.2. The Hall–Kier alpha value is -0.0800. The molecule has 2 N–H and O–H groups in total. The Kier molecular flexibility index (Phi) is 19.8. The highest BCUT2D eigenvalue weighted by molar-refractivity contribution is 4.54. The summed E-state index contributed by atoms with van der Waals surface area (Å²) in [5.41, 5.74) is 0. The molecule has 1 atom stereocenters. The van der Waals surface area contributed by atoms with Crippen molar-refractivity contribution in [2.24, 2.45) is 11.8 Å². The van der Waals surface area contributed by atoms with Gasteiger partial charge in [-0.1, -0.05) is 61.3 Å². The summed E-state index contributed by atoms with van der Waals surface area (Å²) in [6.07, 6.45) is 4.32. The van der Waals surface area contributed by atoms with Crippen LogP contribution >= 0.6 is 0 Å². The van der Waals surface area contributed by atoms with Gasteiger partial charge >= 0.3 is 0 Å². The van der Waals surface area contributed by atoms with Crippen molar-refractivity contribution in [1.82, 2.24) is 0 Å². The number of unbranched alkanes of at least 4 members (excludes halogenated alkanes) is 1. The number of rotatable bonds is 6. The summed E-state index contributed by atoms with van der Waals surface area (Å²) in [5.74, 6) is 1.37. The zero-order chi connectivity index (χ0) is 12.3. The molecule has 0 aliphatic heterocycles. The average Bonchev–Trinajstić information content (AvgIpc) is 2.14. The van der Waals surface area contributed by atoms with Gasteiger partial charge in [0.25, 0.3) is 0 Å². The molecule has 0 saturated heterocycles. The van der Waals surface area contributed by atoms with Gasteiger partial charge in [0.2, 0.25) is 0 Å². The Balaban J connectivity index is -0.000000200. The van der Waals surface area contributed by atoms with E-state index in [2.05, 4.69) is 20.8 Å². The van der Waals surface area contributed by atoms with E-state index in [4.69, 9.17) is 10.2 Å². The summed E-state index contributed by atoms with van der Waals surface area (Å²) in [6.45, 7) is 10.7. The van der Waals surface area contributed by atoms with Crippen LogP contribution in [0.25, 0.3) is 0 Å². The molecule has 1 unspecified atom stereocenters. The molecule has 0 aliphatic rings. The average molecular weight is 234 g/mol. The second kappa shape index (κ2) is 14.9. The minimum atomic E-state index is -0.519.